The Labute approximate surface area is 123 Å². The van der Waals surface area contributed by atoms with Gasteiger partial charge >= 0.3 is 0 Å². The van der Waals surface area contributed by atoms with E-state index in [1.54, 1.807) is 7.11 Å². The van der Waals surface area contributed by atoms with Crippen molar-refractivity contribution in [2.45, 2.75) is 23.9 Å². The molecular formula is C16H18N2OS. The van der Waals surface area contributed by atoms with Crippen molar-refractivity contribution in [3.63, 3.8) is 0 Å². The van der Waals surface area contributed by atoms with E-state index in [0.29, 0.717) is 11.9 Å². The number of methoxy groups -OCH3 is 1. The SMILES string of the molecule is COc1ccc(CNC2CCSc3ccccc32)cn1. The summed E-state index contributed by atoms with van der Waals surface area (Å²) in [6.45, 7) is 0.834. The highest BCUT2D eigenvalue weighted by molar-refractivity contribution is 7.99. The van der Waals surface area contributed by atoms with E-state index in [9.17, 15) is 0 Å². The maximum absolute atomic E-state index is 5.08. The van der Waals surface area contributed by atoms with Crippen LogP contribution in [0, 0.1) is 0 Å². The van der Waals surface area contributed by atoms with Gasteiger partial charge in [-0.05, 0) is 29.4 Å². The summed E-state index contributed by atoms with van der Waals surface area (Å²) >= 11 is 1.95. The number of hydrogen-bond acceptors (Lipinski definition) is 4. The number of hydrogen-bond donors (Lipinski definition) is 1. The van der Waals surface area contributed by atoms with Crippen LogP contribution in [0.1, 0.15) is 23.6 Å². The average Bonchev–Trinajstić information content (AvgIpc) is 2.53. The number of nitrogens with one attached hydrogen (secondary N) is 1. The van der Waals surface area contributed by atoms with E-state index in [2.05, 4.69) is 40.6 Å². The van der Waals surface area contributed by atoms with Gasteiger partial charge in [-0.25, -0.2) is 4.98 Å². The van der Waals surface area contributed by atoms with E-state index in [4.69, 9.17) is 4.74 Å². The first kappa shape index (κ1) is 13.5. The molecule has 2 aromatic rings. The Morgan fingerprint density at radius 3 is 3.00 bits per heavy atom. The maximum Gasteiger partial charge on any atom is 0.212 e. The van der Waals surface area contributed by atoms with Gasteiger partial charge in [0.25, 0.3) is 0 Å². The van der Waals surface area contributed by atoms with Crippen molar-refractivity contribution >= 4 is 11.8 Å². The normalized spacial score (nSPS) is 17.6. The molecule has 0 saturated heterocycles. The third kappa shape index (κ3) is 2.97. The Balaban J connectivity index is 1.66. The van der Waals surface area contributed by atoms with Crippen molar-refractivity contribution in [2.75, 3.05) is 12.9 Å². The summed E-state index contributed by atoms with van der Waals surface area (Å²) in [5.74, 6) is 1.84. The van der Waals surface area contributed by atoms with Gasteiger partial charge in [0.2, 0.25) is 5.88 Å². The number of pyridine rings is 1. The quantitative estimate of drug-likeness (QED) is 0.934. The van der Waals surface area contributed by atoms with Gasteiger partial charge in [0, 0.05) is 29.7 Å². The second kappa shape index (κ2) is 6.29. The predicted octanol–water partition coefficient (Wildman–Crippen LogP) is 3.42. The Morgan fingerprint density at radius 1 is 1.30 bits per heavy atom. The first-order valence-corrected chi connectivity index (χ1v) is 7.79. The second-order valence-electron chi connectivity index (χ2n) is 4.82. The van der Waals surface area contributed by atoms with Crippen LogP contribution >= 0.6 is 11.8 Å². The molecule has 1 aliphatic heterocycles. The highest BCUT2D eigenvalue weighted by atomic mass is 32.2. The lowest BCUT2D eigenvalue weighted by atomic mass is 10.0. The van der Waals surface area contributed by atoms with Crippen LogP contribution in [0.2, 0.25) is 0 Å². The van der Waals surface area contributed by atoms with Crippen molar-refractivity contribution < 1.29 is 4.74 Å². The fourth-order valence-corrected chi connectivity index (χ4v) is 3.56. The number of ether oxygens (including phenoxy) is 1. The van der Waals surface area contributed by atoms with Crippen LogP contribution in [-0.4, -0.2) is 17.8 Å². The number of rotatable bonds is 4. The fraction of sp³-hybridized carbons (Fsp3) is 0.312. The number of nitrogens with zero attached hydrogens (tertiary/aromatic N) is 1. The number of aromatic nitrogens is 1. The smallest absolute Gasteiger partial charge is 0.212 e. The lowest BCUT2D eigenvalue weighted by molar-refractivity contribution is 0.397. The molecule has 0 spiro atoms. The minimum absolute atomic E-state index is 0.439. The van der Waals surface area contributed by atoms with Crippen LogP contribution < -0.4 is 10.1 Å². The zero-order chi connectivity index (χ0) is 13.8. The summed E-state index contributed by atoms with van der Waals surface area (Å²) in [6, 6.07) is 13.1. The molecule has 20 heavy (non-hydrogen) atoms. The van der Waals surface area contributed by atoms with E-state index >= 15 is 0 Å². The van der Waals surface area contributed by atoms with Crippen molar-refractivity contribution in [1.29, 1.82) is 0 Å². The lowest BCUT2D eigenvalue weighted by Gasteiger charge is -2.26. The maximum atomic E-state index is 5.08. The third-order valence-electron chi connectivity index (χ3n) is 3.52. The van der Waals surface area contributed by atoms with Crippen molar-refractivity contribution in [3.05, 3.63) is 53.7 Å². The molecule has 1 unspecified atom stereocenters. The average molecular weight is 286 g/mol. The standard InChI is InChI=1S/C16H18N2OS/c1-19-16-7-6-12(11-18-16)10-17-14-8-9-20-15-5-3-2-4-13(14)15/h2-7,11,14,17H,8-10H2,1H3. The minimum Gasteiger partial charge on any atom is -0.481 e. The first-order valence-electron chi connectivity index (χ1n) is 6.81. The zero-order valence-corrected chi connectivity index (χ0v) is 12.3. The first-order chi connectivity index (χ1) is 9.86. The Kier molecular flexibility index (Phi) is 4.23. The lowest BCUT2D eigenvalue weighted by Crippen LogP contribution is -2.24. The monoisotopic (exact) mass is 286 g/mol. The predicted molar refractivity (Wildman–Crippen MR) is 82.2 cm³/mol. The van der Waals surface area contributed by atoms with Gasteiger partial charge in [-0.2, -0.15) is 0 Å². The van der Waals surface area contributed by atoms with Gasteiger partial charge in [0.05, 0.1) is 7.11 Å². The molecule has 1 N–H and O–H groups in total. The highest BCUT2D eigenvalue weighted by Gasteiger charge is 2.19. The van der Waals surface area contributed by atoms with Crippen molar-refractivity contribution in [2.24, 2.45) is 0 Å². The molecule has 0 saturated carbocycles. The Bertz CT molecular complexity index is 571. The van der Waals surface area contributed by atoms with E-state index < -0.39 is 0 Å². The summed E-state index contributed by atoms with van der Waals surface area (Å²) in [5.41, 5.74) is 2.60. The summed E-state index contributed by atoms with van der Waals surface area (Å²) in [7, 11) is 1.64. The van der Waals surface area contributed by atoms with Crippen LogP contribution in [-0.2, 0) is 6.54 Å². The summed E-state index contributed by atoms with van der Waals surface area (Å²) in [6.07, 6.45) is 3.04. The van der Waals surface area contributed by atoms with Crippen LogP contribution in [0.25, 0.3) is 0 Å². The molecule has 0 aliphatic carbocycles. The molecule has 1 aromatic carbocycles. The molecule has 2 heterocycles. The summed E-state index contributed by atoms with van der Waals surface area (Å²) < 4.78 is 5.08. The Morgan fingerprint density at radius 2 is 2.20 bits per heavy atom. The molecule has 0 fully saturated rings. The summed E-state index contributed by atoms with van der Waals surface area (Å²) in [5, 5.41) is 3.64. The van der Waals surface area contributed by atoms with Crippen molar-refractivity contribution in [3.8, 4) is 5.88 Å². The van der Waals surface area contributed by atoms with E-state index in [1.165, 1.54) is 28.2 Å². The van der Waals surface area contributed by atoms with E-state index in [1.807, 2.05) is 24.0 Å². The van der Waals surface area contributed by atoms with E-state index in [-0.39, 0.29) is 0 Å². The van der Waals surface area contributed by atoms with Crippen LogP contribution in [0.3, 0.4) is 0 Å². The Hall–Kier alpha value is -1.52. The fourth-order valence-electron chi connectivity index (χ4n) is 2.43. The molecule has 4 heteroatoms. The van der Waals surface area contributed by atoms with Gasteiger partial charge in [-0.15, -0.1) is 11.8 Å². The number of benzene rings is 1. The molecule has 0 radical (unpaired) electrons. The van der Waals surface area contributed by atoms with Gasteiger partial charge in [0.15, 0.2) is 0 Å². The number of thioether (sulfide) groups is 1. The van der Waals surface area contributed by atoms with Gasteiger partial charge in [-0.1, -0.05) is 24.3 Å². The van der Waals surface area contributed by atoms with Gasteiger partial charge in [-0.3, -0.25) is 0 Å². The number of fused-ring (bicyclic) bond motifs is 1. The molecular weight excluding hydrogens is 268 g/mol. The topological polar surface area (TPSA) is 34.1 Å². The second-order valence-corrected chi connectivity index (χ2v) is 5.95. The minimum atomic E-state index is 0.439. The molecule has 1 aromatic heterocycles. The molecule has 1 atom stereocenters. The summed E-state index contributed by atoms with van der Waals surface area (Å²) in [4.78, 5) is 5.65. The highest BCUT2D eigenvalue weighted by Crippen LogP contribution is 2.35. The van der Waals surface area contributed by atoms with Gasteiger partial charge in [0.1, 0.15) is 0 Å². The molecule has 3 nitrogen and oxygen atoms in total. The molecule has 3 rings (SSSR count). The molecule has 0 bridgehead atoms. The van der Waals surface area contributed by atoms with Crippen LogP contribution in [0.5, 0.6) is 5.88 Å². The van der Waals surface area contributed by atoms with Crippen molar-refractivity contribution in [1.82, 2.24) is 10.3 Å². The molecule has 104 valence electrons. The largest absolute Gasteiger partial charge is 0.481 e. The molecule has 1 aliphatic rings. The molecule has 0 amide bonds. The third-order valence-corrected chi connectivity index (χ3v) is 4.64. The zero-order valence-electron chi connectivity index (χ0n) is 11.5. The van der Waals surface area contributed by atoms with Crippen LogP contribution in [0.15, 0.2) is 47.5 Å². The van der Waals surface area contributed by atoms with Crippen LogP contribution in [0.4, 0.5) is 0 Å². The van der Waals surface area contributed by atoms with Gasteiger partial charge < -0.3 is 10.1 Å². The van der Waals surface area contributed by atoms with E-state index in [0.717, 1.165) is 6.54 Å².